The van der Waals surface area contributed by atoms with E-state index in [4.69, 9.17) is 15.2 Å². The SMILES string of the molecule is COc1ccccc1C(N)COCC(C)C. The molecule has 16 heavy (non-hydrogen) atoms. The highest BCUT2D eigenvalue weighted by molar-refractivity contribution is 5.35. The second-order valence-electron chi connectivity index (χ2n) is 4.28. The molecule has 0 bridgehead atoms. The van der Waals surface area contributed by atoms with Gasteiger partial charge in [-0.15, -0.1) is 0 Å². The molecule has 1 aromatic rings. The van der Waals surface area contributed by atoms with Crippen molar-refractivity contribution in [3.05, 3.63) is 29.8 Å². The molecule has 0 spiro atoms. The molecule has 0 fully saturated rings. The largest absolute Gasteiger partial charge is 0.496 e. The van der Waals surface area contributed by atoms with E-state index in [9.17, 15) is 0 Å². The molecule has 0 saturated carbocycles. The lowest BCUT2D eigenvalue weighted by Crippen LogP contribution is -2.19. The van der Waals surface area contributed by atoms with Crippen LogP contribution in [0.25, 0.3) is 0 Å². The third-order valence-corrected chi connectivity index (χ3v) is 2.29. The fraction of sp³-hybridized carbons (Fsp3) is 0.538. The molecule has 0 amide bonds. The van der Waals surface area contributed by atoms with Gasteiger partial charge in [0, 0.05) is 12.2 Å². The Bertz CT molecular complexity index is 313. The Labute approximate surface area is 97.6 Å². The minimum absolute atomic E-state index is 0.130. The Hall–Kier alpha value is -1.06. The van der Waals surface area contributed by atoms with Gasteiger partial charge < -0.3 is 15.2 Å². The van der Waals surface area contributed by atoms with Gasteiger partial charge >= 0.3 is 0 Å². The van der Waals surface area contributed by atoms with E-state index in [0.717, 1.165) is 17.9 Å². The molecule has 1 atom stereocenters. The summed E-state index contributed by atoms with van der Waals surface area (Å²) < 4.78 is 10.8. The molecule has 1 aromatic carbocycles. The zero-order chi connectivity index (χ0) is 12.0. The maximum Gasteiger partial charge on any atom is 0.123 e. The summed E-state index contributed by atoms with van der Waals surface area (Å²) in [4.78, 5) is 0. The van der Waals surface area contributed by atoms with E-state index < -0.39 is 0 Å². The second-order valence-corrected chi connectivity index (χ2v) is 4.28. The van der Waals surface area contributed by atoms with Crippen LogP contribution in [0.2, 0.25) is 0 Å². The van der Waals surface area contributed by atoms with Crippen LogP contribution in [0.4, 0.5) is 0 Å². The van der Waals surface area contributed by atoms with Crippen molar-refractivity contribution in [1.82, 2.24) is 0 Å². The standard InChI is InChI=1S/C13H21NO2/c1-10(2)8-16-9-12(14)11-6-4-5-7-13(11)15-3/h4-7,10,12H,8-9,14H2,1-3H3. The van der Waals surface area contributed by atoms with Crippen molar-refractivity contribution in [3.63, 3.8) is 0 Å². The fourth-order valence-corrected chi connectivity index (χ4v) is 1.49. The predicted octanol–water partition coefficient (Wildman–Crippen LogP) is 2.37. The minimum atomic E-state index is -0.130. The van der Waals surface area contributed by atoms with Crippen LogP contribution in [0.5, 0.6) is 5.75 Å². The van der Waals surface area contributed by atoms with Gasteiger partial charge in [-0.3, -0.25) is 0 Å². The number of ether oxygens (including phenoxy) is 2. The highest BCUT2D eigenvalue weighted by Crippen LogP contribution is 2.23. The normalized spacial score (nSPS) is 12.8. The Morgan fingerprint density at radius 2 is 1.88 bits per heavy atom. The first-order valence-corrected chi connectivity index (χ1v) is 5.61. The van der Waals surface area contributed by atoms with E-state index in [2.05, 4.69) is 13.8 Å². The van der Waals surface area contributed by atoms with Crippen molar-refractivity contribution in [2.75, 3.05) is 20.3 Å². The van der Waals surface area contributed by atoms with Gasteiger partial charge in [0.1, 0.15) is 5.75 Å². The average Bonchev–Trinajstić information content (AvgIpc) is 2.28. The molecular formula is C13H21NO2. The van der Waals surface area contributed by atoms with Crippen molar-refractivity contribution in [2.24, 2.45) is 11.7 Å². The van der Waals surface area contributed by atoms with Crippen molar-refractivity contribution in [1.29, 1.82) is 0 Å². The lowest BCUT2D eigenvalue weighted by atomic mass is 10.1. The van der Waals surface area contributed by atoms with E-state index in [-0.39, 0.29) is 6.04 Å². The first kappa shape index (κ1) is 13.0. The molecular weight excluding hydrogens is 202 g/mol. The molecule has 1 unspecified atom stereocenters. The van der Waals surface area contributed by atoms with Crippen molar-refractivity contribution >= 4 is 0 Å². The van der Waals surface area contributed by atoms with Crippen LogP contribution in [0, 0.1) is 5.92 Å². The molecule has 0 aromatic heterocycles. The molecule has 3 heteroatoms. The summed E-state index contributed by atoms with van der Waals surface area (Å²) in [6, 6.07) is 7.65. The van der Waals surface area contributed by atoms with Gasteiger partial charge in [-0.2, -0.15) is 0 Å². The lowest BCUT2D eigenvalue weighted by molar-refractivity contribution is 0.0978. The second kappa shape index (κ2) is 6.51. The Morgan fingerprint density at radius 1 is 1.19 bits per heavy atom. The molecule has 2 N–H and O–H groups in total. The third-order valence-electron chi connectivity index (χ3n) is 2.29. The molecule has 0 aliphatic carbocycles. The van der Waals surface area contributed by atoms with Gasteiger partial charge in [-0.1, -0.05) is 32.0 Å². The number of para-hydroxylation sites is 1. The lowest BCUT2D eigenvalue weighted by Gasteiger charge is -2.16. The molecule has 0 radical (unpaired) electrons. The fourth-order valence-electron chi connectivity index (χ4n) is 1.49. The van der Waals surface area contributed by atoms with Gasteiger partial charge in [0.05, 0.1) is 19.8 Å². The molecule has 3 nitrogen and oxygen atoms in total. The summed E-state index contributed by atoms with van der Waals surface area (Å²) in [5, 5.41) is 0. The maximum absolute atomic E-state index is 6.05. The van der Waals surface area contributed by atoms with Crippen LogP contribution in [-0.4, -0.2) is 20.3 Å². The van der Waals surface area contributed by atoms with Crippen molar-refractivity contribution < 1.29 is 9.47 Å². The number of rotatable bonds is 6. The van der Waals surface area contributed by atoms with Gasteiger partial charge in [-0.05, 0) is 12.0 Å². The number of nitrogens with two attached hydrogens (primary N) is 1. The highest BCUT2D eigenvalue weighted by atomic mass is 16.5. The maximum atomic E-state index is 6.05. The highest BCUT2D eigenvalue weighted by Gasteiger charge is 2.11. The molecule has 0 saturated heterocycles. The van der Waals surface area contributed by atoms with Crippen molar-refractivity contribution in [2.45, 2.75) is 19.9 Å². The van der Waals surface area contributed by atoms with E-state index >= 15 is 0 Å². The van der Waals surface area contributed by atoms with Crippen LogP contribution in [-0.2, 0) is 4.74 Å². The molecule has 0 heterocycles. The van der Waals surface area contributed by atoms with Gasteiger partial charge in [0.2, 0.25) is 0 Å². The Balaban J connectivity index is 2.55. The monoisotopic (exact) mass is 223 g/mol. The van der Waals surface area contributed by atoms with Gasteiger partial charge in [-0.25, -0.2) is 0 Å². The first-order chi connectivity index (χ1) is 7.65. The molecule has 0 aliphatic rings. The minimum Gasteiger partial charge on any atom is -0.496 e. The third kappa shape index (κ3) is 3.83. The van der Waals surface area contributed by atoms with E-state index in [0.29, 0.717) is 12.5 Å². The molecule has 90 valence electrons. The summed E-state index contributed by atoms with van der Waals surface area (Å²) in [6.45, 7) is 5.50. The summed E-state index contributed by atoms with van der Waals surface area (Å²) >= 11 is 0. The van der Waals surface area contributed by atoms with E-state index in [1.54, 1.807) is 7.11 Å². The van der Waals surface area contributed by atoms with Crippen LogP contribution in [0.3, 0.4) is 0 Å². The van der Waals surface area contributed by atoms with E-state index in [1.807, 2.05) is 24.3 Å². The van der Waals surface area contributed by atoms with Gasteiger partial charge in [0.15, 0.2) is 0 Å². The van der Waals surface area contributed by atoms with Gasteiger partial charge in [0.25, 0.3) is 0 Å². The van der Waals surface area contributed by atoms with Crippen LogP contribution >= 0.6 is 0 Å². The molecule has 1 rings (SSSR count). The number of benzene rings is 1. The zero-order valence-corrected chi connectivity index (χ0v) is 10.3. The topological polar surface area (TPSA) is 44.5 Å². The zero-order valence-electron chi connectivity index (χ0n) is 10.3. The van der Waals surface area contributed by atoms with Crippen LogP contribution < -0.4 is 10.5 Å². The Morgan fingerprint density at radius 3 is 2.50 bits per heavy atom. The smallest absolute Gasteiger partial charge is 0.123 e. The number of hydrogen-bond donors (Lipinski definition) is 1. The van der Waals surface area contributed by atoms with Crippen molar-refractivity contribution in [3.8, 4) is 5.75 Å². The number of hydrogen-bond acceptors (Lipinski definition) is 3. The van der Waals surface area contributed by atoms with Crippen LogP contribution in [0.15, 0.2) is 24.3 Å². The Kier molecular flexibility index (Phi) is 5.29. The first-order valence-electron chi connectivity index (χ1n) is 5.61. The summed E-state index contributed by atoms with van der Waals surface area (Å²) in [5.41, 5.74) is 7.05. The predicted molar refractivity (Wildman–Crippen MR) is 65.6 cm³/mol. The molecule has 0 aliphatic heterocycles. The average molecular weight is 223 g/mol. The quantitative estimate of drug-likeness (QED) is 0.805. The summed E-state index contributed by atoms with van der Waals surface area (Å²) in [6.07, 6.45) is 0. The van der Waals surface area contributed by atoms with Crippen LogP contribution in [0.1, 0.15) is 25.5 Å². The van der Waals surface area contributed by atoms with E-state index in [1.165, 1.54) is 0 Å². The summed E-state index contributed by atoms with van der Waals surface area (Å²) in [5.74, 6) is 1.35. The number of methoxy groups -OCH3 is 1. The summed E-state index contributed by atoms with van der Waals surface area (Å²) in [7, 11) is 1.65.